The predicted molar refractivity (Wildman–Crippen MR) is 101 cm³/mol. The van der Waals surface area contributed by atoms with E-state index < -0.39 is 5.92 Å². The number of carbonyl (C=O) groups is 2. The van der Waals surface area contributed by atoms with E-state index in [0.29, 0.717) is 22.0 Å². The van der Waals surface area contributed by atoms with Crippen LogP contribution in [-0.2, 0) is 9.59 Å². The Morgan fingerprint density at radius 2 is 2.08 bits per heavy atom. The normalized spacial score (nSPS) is 16.5. The smallest absolute Gasteiger partial charge is 0.229 e. The number of nitrogens with zero attached hydrogens (tertiary/aromatic N) is 2. The van der Waals surface area contributed by atoms with Gasteiger partial charge in [-0.25, -0.2) is 0 Å². The minimum atomic E-state index is -0.468. The lowest BCUT2D eigenvalue weighted by Crippen LogP contribution is -2.28. The highest BCUT2D eigenvalue weighted by molar-refractivity contribution is 6.34. The molecule has 0 aromatic heterocycles. The van der Waals surface area contributed by atoms with Crippen LogP contribution in [0.4, 0.5) is 11.4 Å². The van der Waals surface area contributed by atoms with Gasteiger partial charge in [0.25, 0.3) is 0 Å². The monoisotopic (exact) mass is 367 g/mol. The lowest BCUT2D eigenvalue weighted by Gasteiger charge is -2.17. The van der Waals surface area contributed by atoms with Crippen LogP contribution in [-0.4, -0.2) is 18.4 Å². The Bertz CT molecular complexity index is 910. The molecule has 2 amide bonds. The van der Waals surface area contributed by atoms with Crippen LogP contribution in [0.1, 0.15) is 23.1 Å². The van der Waals surface area contributed by atoms with Crippen molar-refractivity contribution in [3.63, 3.8) is 0 Å². The molecule has 2 aromatic carbocycles. The summed E-state index contributed by atoms with van der Waals surface area (Å²) in [5.41, 5.74) is 3.59. The topological polar surface area (TPSA) is 73.2 Å². The van der Waals surface area contributed by atoms with Gasteiger partial charge in [0.05, 0.1) is 28.3 Å². The van der Waals surface area contributed by atoms with Gasteiger partial charge in [0.2, 0.25) is 11.8 Å². The highest BCUT2D eigenvalue weighted by atomic mass is 35.5. The number of amides is 2. The molecule has 0 aliphatic carbocycles. The zero-order valence-corrected chi connectivity index (χ0v) is 15.3. The summed E-state index contributed by atoms with van der Waals surface area (Å²) in [6.07, 6.45) is 0.130. The molecule has 0 radical (unpaired) electrons. The molecule has 1 aliphatic heterocycles. The minimum Gasteiger partial charge on any atom is -0.324 e. The largest absolute Gasteiger partial charge is 0.324 e. The SMILES string of the molecule is Cc1cc(C)c(NC(=O)C2CC(=O)N(c3cccc(C#N)c3)C2)c(Cl)c1. The Morgan fingerprint density at radius 1 is 1.31 bits per heavy atom. The number of hydrogen-bond acceptors (Lipinski definition) is 3. The quantitative estimate of drug-likeness (QED) is 0.896. The van der Waals surface area contributed by atoms with Gasteiger partial charge < -0.3 is 10.2 Å². The molecule has 0 spiro atoms. The molecule has 1 atom stereocenters. The molecule has 5 nitrogen and oxygen atoms in total. The minimum absolute atomic E-state index is 0.130. The molecule has 0 saturated carbocycles. The van der Waals surface area contributed by atoms with Gasteiger partial charge >= 0.3 is 0 Å². The summed E-state index contributed by atoms with van der Waals surface area (Å²) in [5, 5.41) is 12.4. The Morgan fingerprint density at radius 3 is 2.77 bits per heavy atom. The average Bonchev–Trinajstić information content (AvgIpc) is 3.00. The molecule has 0 bridgehead atoms. The number of hydrogen-bond donors (Lipinski definition) is 1. The summed E-state index contributed by atoms with van der Waals surface area (Å²) in [6.45, 7) is 4.10. The third kappa shape index (κ3) is 3.56. The number of rotatable bonds is 3. The van der Waals surface area contributed by atoms with Crippen molar-refractivity contribution in [2.45, 2.75) is 20.3 Å². The number of halogens is 1. The van der Waals surface area contributed by atoms with E-state index in [2.05, 4.69) is 11.4 Å². The van der Waals surface area contributed by atoms with E-state index in [1.807, 2.05) is 19.9 Å². The van der Waals surface area contributed by atoms with E-state index in [-0.39, 0.29) is 24.8 Å². The summed E-state index contributed by atoms with van der Waals surface area (Å²) in [4.78, 5) is 26.6. The molecule has 1 saturated heterocycles. The van der Waals surface area contributed by atoms with E-state index in [9.17, 15) is 9.59 Å². The summed E-state index contributed by atoms with van der Waals surface area (Å²) in [7, 11) is 0. The van der Waals surface area contributed by atoms with Gasteiger partial charge in [-0.15, -0.1) is 0 Å². The lowest BCUT2D eigenvalue weighted by atomic mass is 10.1. The van der Waals surface area contributed by atoms with Gasteiger partial charge in [-0.2, -0.15) is 5.26 Å². The van der Waals surface area contributed by atoms with E-state index in [1.165, 1.54) is 0 Å². The van der Waals surface area contributed by atoms with Crippen molar-refractivity contribution in [1.82, 2.24) is 0 Å². The first kappa shape index (κ1) is 18.0. The van der Waals surface area contributed by atoms with Crippen molar-refractivity contribution >= 4 is 34.8 Å². The van der Waals surface area contributed by atoms with Crippen molar-refractivity contribution < 1.29 is 9.59 Å². The van der Waals surface area contributed by atoms with E-state index >= 15 is 0 Å². The van der Waals surface area contributed by atoms with Gasteiger partial charge in [0.1, 0.15) is 0 Å². The standard InChI is InChI=1S/C20H18ClN3O2/c1-12-6-13(2)19(17(21)7-12)23-20(26)15-9-18(25)24(11-15)16-5-3-4-14(8-16)10-22/h3-8,15H,9,11H2,1-2H3,(H,23,26). The van der Waals surface area contributed by atoms with Crippen LogP contribution in [0.15, 0.2) is 36.4 Å². The van der Waals surface area contributed by atoms with Crippen LogP contribution in [0.25, 0.3) is 0 Å². The third-order valence-electron chi connectivity index (χ3n) is 4.46. The summed E-state index contributed by atoms with van der Waals surface area (Å²) < 4.78 is 0. The highest BCUT2D eigenvalue weighted by Gasteiger charge is 2.35. The number of benzene rings is 2. The van der Waals surface area contributed by atoms with E-state index in [4.69, 9.17) is 16.9 Å². The fraction of sp³-hybridized carbons (Fsp3) is 0.250. The summed E-state index contributed by atoms with van der Waals surface area (Å²) in [5.74, 6) is -0.830. The first-order valence-electron chi connectivity index (χ1n) is 8.27. The Labute approximate surface area is 157 Å². The average molecular weight is 368 g/mol. The number of anilines is 2. The molecule has 132 valence electrons. The molecule has 6 heteroatoms. The molecule has 1 fully saturated rings. The molecular weight excluding hydrogens is 350 g/mol. The summed E-state index contributed by atoms with van der Waals surface area (Å²) in [6, 6.07) is 12.6. The molecule has 1 unspecified atom stereocenters. The fourth-order valence-corrected chi connectivity index (χ4v) is 3.54. The number of nitriles is 1. The molecule has 3 rings (SSSR count). The van der Waals surface area contributed by atoms with Crippen LogP contribution in [0, 0.1) is 31.1 Å². The predicted octanol–water partition coefficient (Wildman–Crippen LogP) is 3.82. The van der Waals surface area contributed by atoms with Gasteiger partial charge in [-0.3, -0.25) is 9.59 Å². The van der Waals surface area contributed by atoms with Gasteiger partial charge in [-0.1, -0.05) is 23.7 Å². The number of aryl methyl sites for hydroxylation is 2. The van der Waals surface area contributed by atoms with Crippen LogP contribution in [0.3, 0.4) is 0 Å². The van der Waals surface area contributed by atoms with Gasteiger partial charge in [0.15, 0.2) is 0 Å². The molecule has 2 aromatic rings. The lowest BCUT2D eigenvalue weighted by molar-refractivity contribution is -0.122. The highest BCUT2D eigenvalue weighted by Crippen LogP contribution is 2.30. The van der Waals surface area contributed by atoms with Gasteiger partial charge in [0, 0.05) is 18.7 Å². The maximum absolute atomic E-state index is 12.6. The fourth-order valence-electron chi connectivity index (χ4n) is 3.18. The van der Waals surface area contributed by atoms with Crippen LogP contribution in [0.2, 0.25) is 5.02 Å². The van der Waals surface area contributed by atoms with Crippen molar-refractivity contribution in [3.05, 3.63) is 58.1 Å². The Kier molecular flexibility index (Phi) is 4.97. The maximum Gasteiger partial charge on any atom is 0.229 e. The molecule has 1 heterocycles. The van der Waals surface area contributed by atoms with E-state index in [0.717, 1.165) is 11.1 Å². The number of nitrogens with one attached hydrogen (secondary N) is 1. The Hall–Kier alpha value is -2.84. The van der Waals surface area contributed by atoms with Crippen molar-refractivity contribution in [2.75, 3.05) is 16.8 Å². The van der Waals surface area contributed by atoms with Crippen LogP contribution < -0.4 is 10.2 Å². The maximum atomic E-state index is 12.6. The second kappa shape index (κ2) is 7.19. The zero-order chi connectivity index (χ0) is 18.8. The third-order valence-corrected chi connectivity index (χ3v) is 4.76. The second-order valence-corrected chi connectivity index (χ2v) is 6.90. The summed E-state index contributed by atoms with van der Waals surface area (Å²) >= 11 is 6.25. The zero-order valence-electron chi connectivity index (χ0n) is 14.5. The van der Waals surface area contributed by atoms with E-state index in [1.54, 1.807) is 35.2 Å². The van der Waals surface area contributed by atoms with Crippen LogP contribution in [0.5, 0.6) is 0 Å². The van der Waals surface area contributed by atoms with Crippen molar-refractivity contribution in [3.8, 4) is 6.07 Å². The Balaban J connectivity index is 1.76. The number of carbonyl (C=O) groups excluding carboxylic acids is 2. The van der Waals surface area contributed by atoms with Crippen molar-refractivity contribution in [1.29, 1.82) is 5.26 Å². The molecule has 26 heavy (non-hydrogen) atoms. The van der Waals surface area contributed by atoms with Gasteiger partial charge in [-0.05, 0) is 49.2 Å². The first-order chi connectivity index (χ1) is 12.4. The molecule has 1 aliphatic rings. The first-order valence-corrected chi connectivity index (χ1v) is 8.65. The molecule has 1 N–H and O–H groups in total. The van der Waals surface area contributed by atoms with Crippen LogP contribution >= 0.6 is 11.6 Å². The second-order valence-electron chi connectivity index (χ2n) is 6.50. The van der Waals surface area contributed by atoms with Crippen molar-refractivity contribution in [2.24, 2.45) is 5.92 Å². The molecular formula is C20H18ClN3O2.